The van der Waals surface area contributed by atoms with E-state index >= 15 is 0 Å². The lowest BCUT2D eigenvalue weighted by Gasteiger charge is -2.15. The second-order valence-electron chi connectivity index (χ2n) is 5.66. The monoisotopic (exact) mass is 320 g/mol. The minimum absolute atomic E-state index is 0.391. The van der Waals surface area contributed by atoms with Crippen LogP contribution in [0, 0.1) is 0 Å². The largest absolute Gasteiger partial charge is 0.368 e. The number of aromatic nitrogens is 2. The third-order valence-corrected chi connectivity index (χ3v) is 3.80. The molecule has 2 aromatic carbocycles. The Bertz CT molecular complexity index is 783. The molecule has 3 N–H and O–H groups in total. The van der Waals surface area contributed by atoms with Gasteiger partial charge in [-0.3, -0.25) is 14.8 Å². The Balaban J connectivity index is 1.63. The average Bonchev–Trinajstić information content (AvgIpc) is 3.04. The van der Waals surface area contributed by atoms with Crippen LogP contribution in [0.4, 0.5) is 0 Å². The van der Waals surface area contributed by atoms with Crippen molar-refractivity contribution >= 4 is 5.91 Å². The van der Waals surface area contributed by atoms with Crippen molar-refractivity contribution in [2.24, 2.45) is 5.73 Å². The maximum Gasteiger partial charge on any atom is 0.239 e. The summed E-state index contributed by atoms with van der Waals surface area (Å²) >= 11 is 0. The smallest absolute Gasteiger partial charge is 0.239 e. The molecule has 0 saturated heterocycles. The van der Waals surface area contributed by atoms with Crippen molar-refractivity contribution in [1.29, 1.82) is 0 Å². The zero-order chi connectivity index (χ0) is 16.8. The third-order valence-electron chi connectivity index (χ3n) is 3.80. The fourth-order valence-corrected chi connectivity index (χ4v) is 2.60. The molecular weight excluding hydrogens is 300 g/mol. The van der Waals surface area contributed by atoms with Crippen molar-refractivity contribution in [3.05, 3.63) is 89.7 Å². The molecule has 0 aliphatic rings. The van der Waals surface area contributed by atoms with Crippen LogP contribution in [0.2, 0.25) is 0 Å². The van der Waals surface area contributed by atoms with E-state index in [1.807, 2.05) is 59.4 Å². The molecule has 0 aliphatic carbocycles. The lowest BCUT2D eigenvalue weighted by atomic mass is 10.1. The zero-order valence-electron chi connectivity index (χ0n) is 13.3. The molecule has 1 amide bonds. The van der Waals surface area contributed by atoms with Crippen LogP contribution in [-0.2, 0) is 17.9 Å². The maximum atomic E-state index is 11.7. The molecule has 0 bridgehead atoms. The number of nitrogens with two attached hydrogens (primary N) is 1. The molecule has 0 unspecified atom stereocenters. The molecule has 0 radical (unpaired) electrons. The van der Waals surface area contributed by atoms with Crippen molar-refractivity contribution in [3.63, 3.8) is 0 Å². The molecule has 0 aliphatic heterocycles. The molecule has 122 valence electrons. The lowest BCUT2D eigenvalue weighted by Crippen LogP contribution is -2.33. The van der Waals surface area contributed by atoms with Crippen LogP contribution < -0.4 is 11.1 Å². The first-order chi connectivity index (χ1) is 11.7. The highest BCUT2D eigenvalue weighted by molar-refractivity contribution is 5.81. The summed E-state index contributed by atoms with van der Waals surface area (Å²) in [5.41, 5.74) is 8.58. The zero-order valence-corrected chi connectivity index (χ0v) is 13.3. The van der Waals surface area contributed by atoms with E-state index in [4.69, 9.17) is 5.73 Å². The molecule has 1 heterocycles. The van der Waals surface area contributed by atoms with Crippen molar-refractivity contribution in [2.75, 3.05) is 0 Å². The fourth-order valence-electron chi connectivity index (χ4n) is 2.60. The normalized spacial score (nSPS) is 12.0. The van der Waals surface area contributed by atoms with Gasteiger partial charge < -0.3 is 5.73 Å². The van der Waals surface area contributed by atoms with Gasteiger partial charge in [-0.2, -0.15) is 5.10 Å². The summed E-state index contributed by atoms with van der Waals surface area (Å²) in [6.07, 6.45) is 3.78. The van der Waals surface area contributed by atoms with Gasteiger partial charge in [0.05, 0.1) is 12.7 Å². The van der Waals surface area contributed by atoms with Gasteiger partial charge in [0.15, 0.2) is 0 Å². The van der Waals surface area contributed by atoms with Crippen molar-refractivity contribution < 1.29 is 4.79 Å². The minimum atomic E-state index is -0.510. The first kappa shape index (κ1) is 16.0. The van der Waals surface area contributed by atoms with Crippen LogP contribution >= 0.6 is 0 Å². The Kier molecular flexibility index (Phi) is 5.03. The van der Waals surface area contributed by atoms with Crippen LogP contribution in [0.1, 0.15) is 22.7 Å². The highest BCUT2D eigenvalue weighted by atomic mass is 16.1. The lowest BCUT2D eigenvalue weighted by molar-refractivity contribution is -0.120. The Hall–Kier alpha value is -2.92. The van der Waals surface area contributed by atoms with Gasteiger partial charge in [0, 0.05) is 18.3 Å². The first-order valence-electron chi connectivity index (χ1n) is 7.85. The number of nitrogens with one attached hydrogen (secondary N) is 1. The highest BCUT2D eigenvalue weighted by Crippen LogP contribution is 2.13. The summed E-state index contributed by atoms with van der Waals surface area (Å²) in [6, 6.07) is 19.1. The van der Waals surface area contributed by atoms with Gasteiger partial charge in [0.2, 0.25) is 5.91 Å². The molecule has 0 spiro atoms. The van der Waals surface area contributed by atoms with Crippen LogP contribution in [0.15, 0.2) is 73.1 Å². The standard InChI is InChI=1S/C19H20N4O/c20-19(24)18(17-9-5-2-6-10-17)21-11-16-12-22-23(14-16)13-15-7-3-1-4-8-15/h1-10,12,14,18,21H,11,13H2,(H2,20,24)/t18-/m1/s1. The van der Waals surface area contributed by atoms with E-state index in [-0.39, 0.29) is 0 Å². The van der Waals surface area contributed by atoms with Crippen molar-refractivity contribution in [3.8, 4) is 0 Å². The Morgan fingerprint density at radius 1 is 1.04 bits per heavy atom. The predicted octanol–water partition coefficient (Wildman–Crippen LogP) is 2.25. The van der Waals surface area contributed by atoms with Crippen LogP contribution in [-0.4, -0.2) is 15.7 Å². The first-order valence-corrected chi connectivity index (χ1v) is 7.85. The van der Waals surface area contributed by atoms with E-state index in [0.717, 1.165) is 17.7 Å². The van der Waals surface area contributed by atoms with Gasteiger partial charge in [-0.15, -0.1) is 0 Å². The van der Waals surface area contributed by atoms with Crippen molar-refractivity contribution in [2.45, 2.75) is 19.1 Å². The van der Waals surface area contributed by atoms with Crippen LogP contribution in [0.5, 0.6) is 0 Å². The van der Waals surface area contributed by atoms with Crippen LogP contribution in [0.3, 0.4) is 0 Å². The van der Waals surface area contributed by atoms with E-state index in [1.54, 1.807) is 6.20 Å². The average molecular weight is 320 g/mol. The number of hydrogen-bond donors (Lipinski definition) is 2. The quantitative estimate of drug-likeness (QED) is 0.701. The van der Waals surface area contributed by atoms with E-state index in [0.29, 0.717) is 6.54 Å². The van der Waals surface area contributed by atoms with Crippen molar-refractivity contribution in [1.82, 2.24) is 15.1 Å². The maximum absolute atomic E-state index is 11.7. The molecular formula is C19H20N4O. The van der Waals surface area contributed by atoms with Gasteiger partial charge in [-0.25, -0.2) is 0 Å². The minimum Gasteiger partial charge on any atom is -0.368 e. The summed E-state index contributed by atoms with van der Waals surface area (Å²) in [6.45, 7) is 1.25. The van der Waals surface area contributed by atoms with Gasteiger partial charge >= 0.3 is 0 Å². The van der Waals surface area contributed by atoms with Gasteiger partial charge in [0.1, 0.15) is 6.04 Å². The summed E-state index contributed by atoms with van der Waals surface area (Å²) in [5, 5.41) is 7.57. The molecule has 24 heavy (non-hydrogen) atoms. The molecule has 0 fully saturated rings. The van der Waals surface area contributed by atoms with E-state index < -0.39 is 11.9 Å². The molecule has 5 heteroatoms. The fraction of sp³-hybridized carbons (Fsp3) is 0.158. The number of hydrogen-bond acceptors (Lipinski definition) is 3. The number of amides is 1. The van der Waals surface area contributed by atoms with E-state index in [2.05, 4.69) is 22.5 Å². The van der Waals surface area contributed by atoms with Gasteiger partial charge in [0.25, 0.3) is 0 Å². The van der Waals surface area contributed by atoms with E-state index in [1.165, 1.54) is 5.56 Å². The Morgan fingerprint density at radius 3 is 2.38 bits per heavy atom. The number of nitrogens with zero attached hydrogens (tertiary/aromatic N) is 2. The van der Waals surface area contributed by atoms with E-state index in [9.17, 15) is 4.79 Å². The molecule has 3 aromatic rings. The van der Waals surface area contributed by atoms with Crippen LogP contribution in [0.25, 0.3) is 0 Å². The highest BCUT2D eigenvalue weighted by Gasteiger charge is 2.16. The summed E-state index contributed by atoms with van der Waals surface area (Å²) in [5.74, 6) is -0.391. The second kappa shape index (κ2) is 7.57. The number of rotatable bonds is 7. The summed E-state index contributed by atoms with van der Waals surface area (Å²) in [4.78, 5) is 11.7. The predicted molar refractivity (Wildman–Crippen MR) is 93.0 cm³/mol. The van der Waals surface area contributed by atoms with Gasteiger partial charge in [-0.1, -0.05) is 60.7 Å². The Morgan fingerprint density at radius 2 is 1.71 bits per heavy atom. The molecule has 1 atom stereocenters. The summed E-state index contributed by atoms with van der Waals surface area (Å²) < 4.78 is 1.88. The third kappa shape index (κ3) is 4.08. The number of carbonyl (C=O) groups excluding carboxylic acids is 1. The topological polar surface area (TPSA) is 72.9 Å². The Labute approximate surface area is 141 Å². The number of benzene rings is 2. The number of primary amides is 1. The molecule has 0 saturated carbocycles. The number of carbonyl (C=O) groups is 1. The molecule has 3 rings (SSSR count). The molecule has 1 aromatic heterocycles. The van der Waals surface area contributed by atoms with Gasteiger partial charge in [-0.05, 0) is 11.1 Å². The summed E-state index contributed by atoms with van der Waals surface area (Å²) in [7, 11) is 0. The molecule has 5 nitrogen and oxygen atoms in total. The SMILES string of the molecule is NC(=O)[C@H](NCc1cnn(Cc2ccccc2)c1)c1ccccc1. The second-order valence-corrected chi connectivity index (χ2v) is 5.66.